The summed E-state index contributed by atoms with van der Waals surface area (Å²) in [5, 5.41) is 13.9. The third kappa shape index (κ3) is 4.33. The van der Waals surface area contributed by atoms with E-state index in [0.717, 1.165) is 28.2 Å². The molecule has 148 valence electrons. The van der Waals surface area contributed by atoms with Gasteiger partial charge in [0.1, 0.15) is 5.02 Å². The number of nitrogens with one attached hydrogen (secondary N) is 2. The van der Waals surface area contributed by atoms with Crippen molar-refractivity contribution in [2.75, 3.05) is 5.32 Å². The van der Waals surface area contributed by atoms with Crippen molar-refractivity contribution in [2.24, 2.45) is 0 Å². The van der Waals surface area contributed by atoms with Crippen molar-refractivity contribution in [3.05, 3.63) is 62.9 Å². The van der Waals surface area contributed by atoms with Crippen LogP contribution in [0.15, 0.2) is 35.4 Å². The lowest BCUT2D eigenvalue weighted by atomic mass is 10.1. The molecule has 0 fully saturated rings. The number of hydrogen-bond donors (Lipinski definition) is 2. The molecule has 0 aliphatic carbocycles. The van der Waals surface area contributed by atoms with Gasteiger partial charge in [-0.1, -0.05) is 11.6 Å². The summed E-state index contributed by atoms with van der Waals surface area (Å²) in [7, 11) is 0. The van der Waals surface area contributed by atoms with Crippen LogP contribution in [-0.4, -0.2) is 31.0 Å². The summed E-state index contributed by atoms with van der Waals surface area (Å²) < 4.78 is 38.8. The van der Waals surface area contributed by atoms with Crippen LogP contribution in [0.25, 0.3) is 5.82 Å². The predicted molar refractivity (Wildman–Crippen MR) is 97.8 cm³/mol. The molecule has 0 radical (unpaired) electrons. The smallest absolute Gasteiger partial charge is 0.380 e. The minimum Gasteiger partial charge on any atom is -0.380 e. The molecule has 1 atom stereocenters. The summed E-state index contributed by atoms with van der Waals surface area (Å²) in [5.74, 6) is -0.0634. The number of anilines is 1. The summed E-state index contributed by atoms with van der Waals surface area (Å²) >= 11 is 6.14. The lowest BCUT2D eigenvalue weighted by Crippen LogP contribution is -2.26. The van der Waals surface area contributed by atoms with Crippen molar-refractivity contribution >= 4 is 17.3 Å². The second kappa shape index (κ2) is 7.63. The lowest BCUT2D eigenvalue weighted by molar-refractivity contribution is -0.137. The molecule has 2 N–H and O–H groups in total. The fourth-order valence-corrected chi connectivity index (χ4v) is 2.77. The molecule has 11 heteroatoms. The quantitative estimate of drug-likeness (QED) is 0.670. The number of nitrogens with zero attached hydrogens (tertiary/aromatic N) is 4. The molecule has 0 saturated heterocycles. The molecule has 0 aromatic carbocycles. The standard InChI is InChI=1S/C17H16ClF3N6O/c1-9(5-12-6-10(2)25-26-12)24-13-8-23-27(16(28)15(13)18)14-4-3-11(7-22-14)17(19,20)21/h3-4,6-9,24H,5H2,1-2H3,(H,25,26). The average molecular weight is 413 g/mol. The van der Waals surface area contributed by atoms with Gasteiger partial charge in [0.25, 0.3) is 5.56 Å². The molecular formula is C17H16ClF3N6O. The Bertz CT molecular complexity index is 1030. The van der Waals surface area contributed by atoms with Gasteiger partial charge in [0, 0.05) is 24.4 Å². The first-order chi connectivity index (χ1) is 13.1. The van der Waals surface area contributed by atoms with Crippen LogP contribution in [0.4, 0.5) is 18.9 Å². The van der Waals surface area contributed by atoms with Crippen molar-refractivity contribution in [3.63, 3.8) is 0 Å². The van der Waals surface area contributed by atoms with Gasteiger partial charge in [-0.15, -0.1) is 0 Å². The Labute approximate surface area is 162 Å². The number of alkyl halides is 3. The second-order valence-electron chi connectivity index (χ2n) is 6.28. The van der Waals surface area contributed by atoms with E-state index >= 15 is 0 Å². The molecule has 3 aromatic heterocycles. The zero-order valence-corrected chi connectivity index (χ0v) is 15.6. The summed E-state index contributed by atoms with van der Waals surface area (Å²) in [6.07, 6.45) is -1.96. The normalized spacial score (nSPS) is 12.8. The van der Waals surface area contributed by atoms with Crippen molar-refractivity contribution in [3.8, 4) is 5.82 Å². The number of H-pyrrole nitrogens is 1. The molecule has 0 saturated carbocycles. The van der Waals surface area contributed by atoms with Gasteiger partial charge in [0.2, 0.25) is 0 Å². The largest absolute Gasteiger partial charge is 0.417 e. The number of hydrogen-bond acceptors (Lipinski definition) is 5. The molecule has 0 aliphatic heterocycles. The zero-order chi connectivity index (χ0) is 20.5. The fraction of sp³-hybridized carbons (Fsp3) is 0.294. The fourth-order valence-electron chi connectivity index (χ4n) is 2.58. The van der Waals surface area contributed by atoms with Gasteiger partial charge in [-0.3, -0.25) is 9.89 Å². The van der Waals surface area contributed by atoms with Crippen LogP contribution in [0.1, 0.15) is 23.9 Å². The van der Waals surface area contributed by atoms with Crippen molar-refractivity contribution in [1.82, 2.24) is 25.0 Å². The molecule has 0 spiro atoms. The molecule has 1 unspecified atom stereocenters. The van der Waals surface area contributed by atoms with Crippen LogP contribution < -0.4 is 10.9 Å². The summed E-state index contributed by atoms with van der Waals surface area (Å²) in [4.78, 5) is 16.1. The van der Waals surface area contributed by atoms with Gasteiger partial charge in [0.05, 0.1) is 23.1 Å². The number of aryl methyl sites for hydroxylation is 1. The summed E-state index contributed by atoms with van der Waals surface area (Å²) in [6, 6.07) is 3.70. The van der Waals surface area contributed by atoms with Gasteiger partial charge < -0.3 is 5.32 Å². The lowest BCUT2D eigenvalue weighted by Gasteiger charge is -2.15. The highest BCUT2D eigenvalue weighted by Gasteiger charge is 2.30. The SMILES string of the molecule is Cc1cc(CC(C)Nc2cnn(-c3ccc(C(F)(F)F)cn3)c(=O)c2Cl)n[nH]1. The molecule has 3 heterocycles. The van der Waals surface area contributed by atoms with Gasteiger partial charge in [-0.25, -0.2) is 4.98 Å². The van der Waals surface area contributed by atoms with Crippen LogP contribution in [0, 0.1) is 6.92 Å². The Balaban J connectivity index is 1.80. The first kappa shape index (κ1) is 19.9. The predicted octanol–water partition coefficient (Wildman–Crippen LogP) is 3.37. The van der Waals surface area contributed by atoms with E-state index in [4.69, 9.17) is 11.6 Å². The highest BCUT2D eigenvalue weighted by Crippen LogP contribution is 2.28. The van der Waals surface area contributed by atoms with E-state index in [1.807, 2.05) is 19.9 Å². The maximum absolute atomic E-state index is 12.6. The van der Waals surface area contributed by atoms with Gasteiger partial charge in [-0.05, 0) is 32.0 Å². The van der Waals surface area contributed by atoms with Crippen molar-refractivity contribution in [1.29, 1.82) is 0 Å². The third-order valence-corrected chi connectivity index (χ3v) is 4.25. The molecule has 0 amide bonds. The number of rotatable bonds is 5. The first-order valence-electron chi connectivity index (χ1n) is 8.24. The van der Waals surface area contributed by atoms with Gasteiger partial charge >= 0.3 is 6.18 Å². The second-order valence-corrected chi connectivity index (χ2v) is 6.66. The summed E-state index contributed by atoms with van der Waals surface area (Å²) in [6.45, 7) is 3.79. The summed E-state index contributed by atoms with van der Waals surface area (Å²) in [5.41, 5.74) is 0.491. The first-order valence-corrected chi connectivity index (χ1v) is 8.62. The molecule has 3 aromatic rings. The number of aromatic amines is 1. The Morgan fingerprint density at radius 2 is 2.07 bits per heavy atom. The topological polar surface area (TPSA) is 88.5 Å². The number of aromatic nitrogens is 5. The van der Waals surface area contributed by atoms with E-state index in [2.05, 4.69) is 25.6 Å². The van der Waals surface area contributed by atoms with Crippen LogP contribution in [0.5, 0.6) is 0 Å². The molecule has 28 heavy (non-hydrogen) atoms. The van der Waals surface area contributed by atoms with Crippen LogP contribution in [-0.2, 0) is 12.6 Å². The van der Waals surface area contributed by atoms with Crippen LogP contribution >= 0.6 is 11.6 Å². The van der Waals surface area contributed by atoms with E-state index in [9.17, 15) is 18.0 Å². The van der Waals surface area contributed by atoms with Crippen molar-refractivity contribution in [2.45, 2.75) is 32.5 Å². The maximum atomic E-state index is 12.6. The monoisotopic (exact) mass is 412 g/mol. The highest BCUT2D eigenvalue weighted by atomic mass is 35.5. The Hall–Kier alpha value is -2.88. The van der Waals surface area contributed by atoms with Gasteiger partial charge in [-0.2, -0.15) is 28.1 Å². The molecule has 3 rings (SSSR count). The Kier molecular flexibility index (Phi) is 5.41. The average Bonchev–Trinajstić information content (AvgIpc) is 3.03. The van der Waals surface area contributed by atoms with E-state index in [1.165, 1.54) is 6.20 Å². The molecule has 7 nitrogen and oxygen atoms in total. The van der Waals surface area contributed by atoms with E-state index in [0.29, 0.717) is 18.3 Å². The Morgan fingerprint density at radius 1 is 1.32 bits per heavy atom. The van der Waals surface area contributed by atoms with Crippen LogP contribution in [0.2, 0.25) is 5.02 Å². The molecular weight excluding hydrogens is 397 g/mol. The molecule has 0 aliphatic rings. The zero-order valence-electron chi connectivity index (χ0n) is 14.9. The van der Waals surface area contributed by atoms with E-state index in [-0.39, 0.29) is 16.9 Å². The minimum absolute atomic E-state index is 0.0634. The minimum atomic E-state index is -4.52. The van der Waals surface area contributed by atoms with Crippen LogP contribution in [0.3, 0.4) is 0 Å². The van der Waals surface area contributed by atoms with Gasteiger partial charge in [0.15, 0.2) is 5.82 Å². The maximum Gasteiger partial charge on any atom is 0.417 e. The molecule has 0 bridgehead atoms. The highest BCUT2D eigenvalue weighted by molar-refractivity contribution is 6.32. The van der Waals surface area contributed by atoms with Crippen molar-refractivity contribution < 1.29 is 13.2 Å². The number of pyridine rings is 1. The Morgan fingerprint density at radius 3 is 2.64 bits per heavy atom. The van der Waals surface area contributed by atoms with E-state index in [1.54, 1.807) is 0 Å². The third-order valence-electron chi connectivity index (χ3n) is 3.89. The number of halogens is 4. The van der Waals surface area contributed by atoms with E-state index < -0.39 is 17.3 Å².